The van der Waals surface area contributed by atoms with Gasteiger partial charge in [-0.15, -0.1) is 0 Å². The minimum atomic E-state index is -0.813. The summed E-state index contributed by atoms with van der Waals surface area (Å²) in [6.45, 7) is 9.28. The number of aliphatic hydroxyl groups excluding tert-OH is 1. The first-order valence-electron chi connectivity index (χ1n) is 14.0. The Morgan fingerprint density at radius 3 is 2.26 bits per heavy atom. The Morgan fingerprint density at radius 2 is 1.64 bits per heavy atom. The molecule has 0 aromatic heterocycles. The van der Waals surface area contributed by atoms with Gasteiger partial charge in [0.2, 0.25) is 11.8 Å². The van der Waals surface area contributed by atoms with Gasteiger partial charge in [0.25, 0.3) is 0 Å². The largest absolute Gasteiger partial charge is 0.489 e. The van der Waals surface area contributed by atoms with Crippen LogP contribution in [0.3, 0.4) is 0 Å². The lowest BCUT2D eigenvalue weighted by Gasteiger charge is -2.31. The summed E-state index contributed by atoms with van der Waals surface area (Å²) in [6.07, 6.45) is 2.68. The number of aliphatic hydroxyl groups is 1. The van der Waals surface area contributed by atoms with Crippen molar-refractivity contribution in [2.75, 3.05) is 19.8 Å². The van der Waals surface area contributed by atoms with Gasteiger partial charge in [0.1, 0.15) is 18.4 Å². The molecule has 2 aromatic carbocycles. The molecule has 2 atom stereocenters. The lowest BCUT2D eigenvalue weighted by molar-refractivity contribution is -0.131. The van der Waals surface area contributed by atoms with E-state index in [2.05, 4.69) is 29.8 Å². The molecular weight excluding hydrogens is 494 g/mol. The first kappa shape index (κ1) is 30.6. The molecule has 1 heterocycles. The van der Waals surface area contributed by atoms with Crippen molar-refractivity contribution in [1.29, 1.82) is 0 Å². The van der Waals surface area contributed by atoms with Crippen LogP contribution >= 0.6 is 0 Å². The van der Waals surface area contributed by atoms with Crippen molar-refractivity contribution in [3.8, 4) is 5.75 Å². The highest BCUT2D eigenvalue weighted by Gasteiger charge is 2.31. The normalized spacial score (nSPS) is 15.9. The van der Waals surface area contributed by atoms with Gasteiger partial charge in [0, 0.05) is 25.7 Å². The van der Waals surface area contributed by atoms with Gasteiger partial charge in [0.05, 0.1) is 18.2 Å². The molecule has 0 aliphatic carbocycles. The maximum Gasteiger partial charge on any atom is 0.243 e. The molecule has 8 heteroatoms. The number of carbonyl (C=O) groups is 2. The van der Waals surface area contributed by atoms with Crippen LogP contribution in [0.4, 0.5) is 0 Å². The second-order valence-corrected chi connectivity index (χ2v) is 11.5. The Bertz CT molecular complexity index is 1020. The molecule has 0 saturated carbocycles. The van der Waals surface area contributed by atoms with Crippen molar-refractivity contribution in [2.24, 2.45) is 5.92 Å². The van der Waals surface area contributed by atoms with Crippen LogP contribution in [0.1, 0.15) is 58.1 Å². The van der Waals surface area contributed by atoms with Crippen LogP contribution < -0.4 is 20.7 Å². The van der Waals surface area contributed by atoms with E-state index < -0.39 is 17.6 Å². The van der Waals surface area contributed by atoms with Gasteiger partial charge in [-0.1, -0.05) is 56.3 Å². The molecule has 0 unspecified atom stereocenters. The fourth-order valence-corrected chi connectivity index (χ4v) is 4.51. The fourth-order valence-electron chi connectivity index (χ4n) is 4.51. The fraction of sp³-hybridized carbons (Fsp3) is 0.548. The monoisotopic (exact) mass is 539 g/mol. The van der Waals surface area contributed by atoms with Gasteiger partial charge in [-0.3, -0.25) is 9.59 Å². The summed E-state index contributed by atoms with van der Waals surface area (Å²) in [4.78, 5) is 26.8. The van der Waals surface area contributed by atoms with Crippen LogP contribution in [0.5, 0.6) is 5.75 Å². The third kappa shape index (κ3) is 10.6. The predicted octanol–water partition coefficient (Wildman–Crippen LogP) is 3.36. The van der Waals surface area contributed by atoms with Crippen molar-refractivity contribution in [3.63, 3.8) is 0 Å². The van der Waals surface area contributed by atoms with E-state index >= 15 is 0 Å². The molecule has 39 heavy (non-hydrogen) atoms. The molecule has 0 spiro atoms. The highest BCUT2D eigenvalue weighted by Crippen LogP contribution is 2.17. The molecule has 0 radical (unpaired) electrons. The molecule has 214 valence electrons. The summed E-state index contributed by atoms with van der Waals surface area (Å²) in [6, 6.07) is 16.5. The quantitative estimate of drug-likeness (QED) is 0.293. The maximum absolute atomic E-state index is 13.5. The van der Waals surface area contributed by atoms with Crippen molar-refractivity contribution < 1.29 is 24.2 Å². The van der Waals surface area contributed by atoms with E-state index in [1.807, 2.05) is 54.6 Å². The highest BCUT2D eigenvalue weighted by molar-refractivity contribution is 5.90. The van der Waals surface area contributed by atoms with Gasteiger partial charge in [0.15, 0.2) is 0 Å². The molecule has 3 rings (SSSR count). The number of amides is 2. The summed E-state index contributed by atoms with van der Waals surface area (Å²) in [5.74, 6) is 0.505. The third-order valence-electron chi connectivity index (χ3n) is 6.78. The average molecular weight is 540 g/mol. The van der Waals surface area contributed by atoms with Crippen LogP contribution in [0.25, 0.3) is 0 Å². The van der Waals surface area contributed by atoms with Crippen LogP contribution in [-0.4, -0.2) is 60.4 Å². The van der Waals surface area contributed by atoms with Crippen LogP contribution in [0.2, 0.25) is 0 Å². The minimum Gasteiger partial charge on any atom is -0.489 e. The van der Waals surface area contributed by atoms with E-state index in [-0.39, 0.29) is 24.5 Å². The van der Waals surface area contributed by atoms with Crippen molar-refractivity contribution >= 4 is 11.8 Å². The maximum atomic E-state index is 13.5. The van der Waals surface area contributed by atoms with Crippen molar-refractivity contribution in [2.45, 2.75) is 83.6 Å². The first-order valence-corrected chi connectivity index (χ1v) is 14.0. The molecular formula is C31H45N3O5. The summed E-state index contributed by atoms with van der Waals surface area (Å²) in [5.41, 5.74) is 1.16. The number of hydrogen-bond acceptors (Lipinski definition) is 6. The Kier molecular flexibility index (Phi) is 11.8. The van der Waals surface area contributed by atoms with E-state index in [0.29, 0.717) is 38.6 Å². The van der Waals surface area contributed by atoms with Crippen molar-refractivity contribution in [3.05, 3.63) is 65.7 Å². The number of hydrogen-bond donors (Lipinski definition) is 4. The molecule has 1 aliphatic heterocycles. The predicted molar refractivity (Wildman–Crippen MR) is 152 cm³/mol. The van der Waals surface area contributed by atoms with Crippen LogP contribution in [0, 0.1) is 5.92 Å². The van der Waals surface area contributed by atoms with E-state index in [9.17, 15) is 14.7 Å². The molecule has 8 nitrogen and oxygen atoms in total. The lowest BCUT2D eigenvalue weighted by atomic mass is 9.98. The van der Waals surface area contributed by atoms with Gasteiger partial charge in [-0.25, -0.2) is 0 Å². The number of carbonyl (C=O) groups excluding carboxylic acids is 2. The Balaban J connectivity index is 1.70. The number of nitrogens with one attached hydrogen (secondary N) is 3. The summed E-state index contributed by atoms with van der Waals surface area (Å²) >= 11 is 0. The number of rotatable bonds is 14. The summed E-state index contributed by atoms with van der Waals surface area (Å²) in [5, 5.41) is 19.1. The Morgan fingerprint density at radius 1 is 0.974 bits per heavy atom. The third-order valence-corrected chi connectivity index (χ3v) is 6.78. The molecule has 0 bridgehead atoms. The average Bonchev–Trinajstić information content (AvgIpc) is 2.92. The van der Waals surface area contributed by atoms with Crippen molar-refractivity contribution in [1.82, 2.24) is 16.0 Å². The Hall–Kier alpha value is -2.94. The zero-order chi connectivity index (χ0) is 28.3. The molecule has 2 aromatic rings. The van der Waals surface area contributed by atoms with Gasteiger partial charge >= 0.3 is 0 Å². The van der Waals surface area contributed by atoms with E-state index in [4.69, 9.17) is 9.47 Å². The molecule has 1 saturated heterocycles. The zero-order valence-electron chi connectivity index (χ0n) is 23.7. The number of benzene rings is 2. The van der Waals surface area contributed by atoms with E-state index in [1.54, 1.807) is 13.8 Å². The second-order valence-electron chi connectivity index (χ2n) is 11.5. The Labute approximate surface area is 232 Å². The topological polar surface area (TPSA) is 109 Å². The zero-order valence-corrected chi connectivity index (χ0v) is 23.7. The molecule has 2 amide bonds. The SMILES string of the molecule is CC(C)C[C@H](NC1CCOCC1)C(=O)N[C@H](Cc1ccc(OCc2ccccc2)cc1)C(=O)NC(C)(C)CO. The van der Waals surface area contributed by atoms with Gasteiger partial charge < -0.3 is 30.5 Å². The summed E-state index contributed by atoms with van der Waals surface area (Å²) in [7, 11) is 0. The highest BCUT2D eigenvalue weighted by atomic mass is 16.5. The van der Waals surface area contributed by atoms with Crippen LogP contribution in [-0.2, 0) is 27.4 Å². The van der Waals surface area contributed by atoms with E-state index in [1.165, 1.54) is 0 Å². The van der Waals surface area contributed by atoms with Gasteiger partial charge in [-0.05, 0) is 62.3 Å². The second kappa shape index (κ2) is 15.0. The molecule has 4 N–H and O–H groups in total. The van der Waals surface area contributed by atoms with E-state index in [0.717, 1.165) is 29.7 Å². The standard InChI is InChI=1S/C31H45N3O5/c1-22(2)18-27(32-25-14-16-38-17-15-25)29(36)33-28(30(37)34-31(3,4)21-35)19-23-10-12-26(13-11-23)39-20-24-8-6-5-7-9-24/h5-13,22,25,27-28,32,35H,14-21H2,1-4H3,(H,33,36)(H,34,37)/t27-,28+/m0/s1. The minimum absolute atomic E-state index is 0.194. The van der Waals surface area contributed by atoms with Gasteiger partial charge in [-0.2, -0.15) is 0 Å². The lowest BCUT2D eigenvalue weighted by Crippen LogP contribution is -2.58. The smallest absolute Gasteiger partial charge is 0.243 e. The first-order chi connectivity index (χ1) is 18.6. The van der Waals surface area contributed by atoms with Crippen LogP contribution in [0.15, 0.2) is 54.6 Å². The molecule has 1 aliphatic rings. The summed E-state index contributed by atoms with van der Waals surface area (Å²) < 4.78 is 11.4. The molecule has 1 fully saturated rings. The number of ether oxygens (including phenoxy) is 2.